The van der Waals surface area contributed by atoms with E-state index >= 15 is 0 Å². The first-order chi connectivity index (χ1) is 6.41. The first-order valence-electron chi connectivity index (χ1n) is 4.99. The van der Waals surface area contributed by atoms with Crippen molar-refractivity contribution in [3.05, 3.63) is 6.92 Å². The molecule has 0 saturated carbocycles. The molecule has 0 fully saturated rings. The summed E-state index contributed by atoms with van der Waals surface area (Å²) in [6.45, 7) is 6.05. The van der Waals surface area contributed by atoms with Crippen LogP contribution in [0.15, 0.2) is 0 Å². The van der Waals surface area contributed by atoms with Crippen LogP contribution >= 0.6 is 7.82 Å². The van der Waals surface area contributed by atoms with Gasteiger partial charge in [0.15, 0.2) is 0 Å². The summed E-state index contributed by atoms with van der Waals surface area (Å²) in [5, 5.41) is 0. The van der Waals surface area contributed by atoms with Gasteiger partial charge in [0.1, 0.15) is 0 Å². The van der Waals surface area contributed by atoms with E-state index in [1.807, 2.05) is 0 Å². The van der Waals surface area contributed by atoms with E-state index in [1.165, 1.54) is 38.5 Å². The molecule has 0 aromatic rings. The van der Waals surface area contributed by atoms with Crippen LogP contribution in [-0.2, 0) is 4.57 Å². The van der Waals surface area contributed by atoms with E-state index in [2.05, 4.69) is 13.8 Å². The summed E-state index contributed by atoms with van der Waals surface area (Å²) >= 11 is 0. The smallest absolute Gasteiger partial charge is 0.343 e. The minimum absolute atomic E-state index is 0. The fraction of sp³-hybridized carbons (Fsp3) is 0.889. The first-order valence-corrected chi connectivity index (χ1v) is 6.55. The van der Waals surface area contributed by atoms with Crippen molar-refractivity contribution in [3.63, 3.8) is 0 Å². The van der Waals surface area contributed by atoms with E-state index in [9.17, 15) is 0 Å². The monoisotopic (exact) mass is 264 g/mol. The summed E-state index contributed by atoms with van der Waals surface area (Å²) in [4.78, 5) is 21.6. The van der Waals surface area contributed by atoms with Crippen LogP contribution in [0, 0.1) is 6.92 Å². The third-order valence-corrected chi connectivity index (χ3v) is 1.60. The van der Waals surface area contributed by atoms with Gasteiger partial charge in [0.2, 0.25) is 0 Å². The fourth-order valence-electron chi connectivity index (χ4n) is 0.957. The summed E-state index contributed by atoms with van der Waals surface area (Å²) in [5.41, 5.74) is 0. The minimum Gasteiger partial charge on any atom is -0.343 e. The number of rotatable bonds is 6. The quantitative estimate of drug-likeness (QED) is 0.265. The Morgan fingerprint density at radius 1 is 1.00 bits per heavy atom. The van der Waals surface area contributed by atoms with Gasteiger partial charge in [0.25, 0.3) is 0 Å². The van der Waals surface area contributed by atoms with Gasteiger partial charge in [-0.2, -0.15) is 6.42 Å². The summed E-state index contributed by atoms with van der Waals surface area (Å²) < 4.78 is 8.88. The Hall–Kier alpha value is 1.75. The van der Waals surface area contributed by atoms with Gasteiger partial charge in [-0.25, -0.2) is 4.57 Å². The maximum atomic E-state index is 8.88. The molecule has 0 aromatic carbocycles. The molecule has 3 N–H and O–H groups in total. The average molecular weight is 264 g/mol. The van der Waals surface area contributed by atoms with E-state index < -0.39 is 7.82 Å². The molecule has 0 spiro atoms. The van der Waals surface area contributed by atoms with Crippen molar-refractivity contribution in [2.45, 2.75) is 51.9 Å². The van der Waals surface area contributed by atoms with Crippen molar-refractivity contribution in [1.82, 2.24) is 0 Å². The maximum absolute atomic E-state index is 8.88. The van der Waals surface area contributed by atoms with Crippen LogP contribution in [0.2, 0.25) is 0 Å². The molecule has 0 saturated heterocycles. The second-order valence-electron chi connectivity index (χ2n) is 3.13. The van der Waals surface area contributed by atoms with E-state index in [-0.39, 0.29) is 51.4 Å². The van der Waals surface area contributed by atoms with Gasteiger partial charge in [-0.15, -0.1) is 0 Å². The van der Waals surface area contributed by atoms with Gasteiger partial charge in [0, 0.05) is 0 Å². The molecule has 0 aromatic heterocycles. The van der Waals surface area contributed by atoms with Crippen LogP contribution in [0.1, 0.15) is 51.9 Å². The Balaban J connectivity index is -0.000000208. The molecule has 0 rings (SSSR count). The molecule has 0 aliphatic rings. The molecule has 0 heterocycles. The van der Waals surface area contributed by atoms with E-state index in [1.54, 1.807) is 0 Å². The molecule has 4 nitrogen and oxygen atoms in total. The molecule has 15 heavy (non-hydrogen) atoms. The van der Waals surface area contributed by atoms with E-state index in [4.69, 9.17) is 19.2 Å². The molecular formula is C9H22KO4P. The predicted molar refractivity (Wildman–Crippen MR) is 57.6 cm³/mol. The van der Waals surface area contributed by atoms with Crippen molar-refractivity contribution >= 4 is 7.82 Å². The summed E-state index contributed by atoms with van der Waals surface area (Å²) in [6, 6.07) is 0. The summed E-state index contributed by atoms with van der Waals surface area (Å²) in [5.74, 6) is 0. The van der Waals surface area contributed by atoms with Crippen LogP contribution in [0.4, 0.5) is 0 Å². The Bertz CT molecular complexity index is 135. The molecule has 0 radical (unpaired) electrons. The maximum Gasteiger partial charge on any atom is 1.00 e. The van der Waals surface area contributed by atoms with Crippen LogP contribution in [0.3, 0.4) is 0 Å². The second-order valence-corrected chi connectivity index (χ2v) is 4.16. The molecule has 0 unspecified atom stereocenters. The number of unbranched alkanes of at least 4 members (excludes halogenated alkanes) is 6. The third-order valence-electron chi connectivity index (χ3n) is 1.60. The van der Waals surface area contributed by atoms with Crippen molar-refractivity contribution in [1.29, 1.82) is 0 Å². The molecule has 6 heteroatoms. The first kappa shape index (κ1) is 22.0. The standard InChI is InChI=1S/C9H19.K.H3O4P/c1-3-5-7-9-8-6-4-2;;1-5(2,3)4/h1,3-9H2,2H3;;(H3,1,2,3,4)/q-1;+1;. The van der Waals surface area contributed by atoms with Crippen LogP contribution in [-0.4, -0.2) is 14.7 Å². The fourth-order valence-corrected chi connectivity index (χ4v) is 0.957. The Kier molecular flexibility index (Phi) is 23.1. The summed E-state index contributed by atoms with van der Waals surface area (Å²) in [7, 11) is -4.64. The average Bonchev–Trinajstić information content (AvgIpc) is 2.01. The zero-order chi connectivity index (χ0) is 11.4. The van der Waals surface area contributed by atoms with Crippen molar-refractivity contribution in [2.75, 3.05) is 0 Å². The van der Waals surface area contributed by atoms with Crippen LogP contribution in [0.25, 0.3) is 0 Å². The Morgan fingerprint density at radius 3 is 1.67 bits per heavy atom. The molecule has 0 aliphatic carbocycles. The minimum atomic E-state index is -4.64. The largest absolute Gasteiger partial charge is 1.00 e. The number of phosphoric acid groups is 1. The molecule has 88 valence electrons. The van der Waals surface area contributed by atoms with Gasteiger partial charge < -0.3 is 21.6 Å². The van der Waals surface area contributed by atoms with Gasteiger partial charge in [-0.3, -0.25) is 0 Å². The van der Waals surface area contributed by atoms with Gasteiger partial charge >= 0.3 is 59.2 Å². The SMILES string of the molecule is O=P(O)(O)O.[CH2-]CCCCCCCC.[K+]. The van der Waals surface area contributed by atoms with Gasteiger partial charge in [-0.1, -0.05) is 45.4 Å². The third kappa shape index (κ3) is 49.6. The van der Waals surface area contributed by atoms with E-state index in [0.29, 0.717) is 0 Å². The van der Waals surface area contributed by atoms with Crippen molar-refractivity contribution < 1.29 is 70.6 Å². The molecule has 0 bridgehead atoms. The summed E-state index contributed by atoms with van der Waals surface area (Å²) in [6.07, 6.45) is 9.45. The van der Waals surface area contributed by atoms with Crippen LogP contribution in [0.5, 0.6) is 0 Å². The van der Waals surface area contributed by atoms with Crippen molar-refractivity contribution in [2.24, 2.45) is 0 Å². The van der Waals surface area contributed by atoms with E-state index in [0.717, 1.165) is 6.42 Å². The molecular weight excluding hydrogens is 242 g/mol. The van der Waals surface area contributed by atoms with Crippen LogP contribution < -0.4 is 51.4 Å². The van der Waals surface area contributed by atoms with Crippen molar-refractivity contribution in [3.8, 4) is 0 Å². The predicted octanol–water partition coefficient (Wildman–Crippen LogP) is -0.354. The number of hydrogen-bond donors (Lipinski definition) is 3. The molecule has 0 aliphatic heterocycles. The topological polar surface area (TPSA) is 77.8 Å². The van der Waals surface area contributed by atoms with Gasteiger partial charge in [0.05, 0.1) is 0 Å². The zero-order valence-corrected chi connectivity index (χ0v) is 13.9. The zero-order valence-electron chi connectivity index (χ0n) is 9.85. The van der Waals surface area contributed by atoms with Gasteiger partial charge in [-0.05, 0) is 0 Å². The normalized spacial score (nSPS) is 9.93. The second kappa shape index (κ2) is 15.7. The number of hydrogen-bond acceptors (Lipinski definition) is 1. The Morgan fingerprint density at radius 2 is 1.33 bits per heavy atom. The molecule has 0 amide bonds. The molecule has 0 atom stereocenters. The Labute approximate surface area is 136 Å².